The molecule has 12 heavy (non-hydrogen) atoms. The van der Waals surface area contributed by atoms with Gasteiger partial charge in [0.15, 0.2) is 0 Å². The molecule has 0 saturated heterocycles. The van der Waals surface area contributed by atoms with Crippen LogP contribution in [-0.4, -0.2) is 8.07 Å². The second-order valence-corrected chi connectivity index (χ2v) is 10.8. The first kappa shape index (κ1) is 9.79. The van der Waals surface area contributed by atoms with Crippen molar-refractivity contribution in [3.05, 3.63) is 0 Å². The topological polar surface area (TPSA) is 23.8 Å². The molecule has 1 fully saturated rings. The van der Waals surface area contributed by atoms with E-state index in [4.69, 9.17) is 5.26 Å². The van der Waals surface area contributed by atoms with Crippen molar-refractivity contribution >= 4 is 8.07 Å². The molecule has 0 aromatic heterocycles. The van der Waals surface area contributed by atoms with Gasteiger partial charge in [-0.15, -0.1) is 0 Å². The first-order chi connectivity index (χ1) is 5.47. The van der Waals surface area contributed by atoms with Gasteiger partial charge in [0.25, 0.3) is 0 Å². The number of rotatable bonds is 2. The lowest BCUT2D eigenvalue weighted by atomic mass is 9.91. The Labute approximate surface area is 76.8 Å². The Morgan fingerprint density at radius 1 is 1.25 bits per heavy atom. The molecule has 2 heteroatoms. The van der Waals surface area contributed by atoms with Crippen molar-refractivity contribution in [1.82, 2.24) is 0 Å². The molecule has 1 aliphatic carbocycles. The zero-order valence-electron chi connectivity index (χ0n) is 8.48. The van der Waals surface area contributed by atoms with Crippen LogP contribution >= 0.6 is 0 Å². The molecule has 0 aromatic rings. The van der Waals surface area contributed by atoms with Crippen molar-refractivity contribution in [2.45, 2.75) is 51.4 Å². The maximum atomic E-state index is 9.15. The molecule has 0 aromatic carbocycles. The maximum absolute atomic E-state index is 9.15. The quantitative estimate of drug-likeness (QED) is 0.599. The third-order valence-corrected chi connectivity index (χ3v) is 4.40. The van der Waals surface area contributed by atoms with Gasteiger partial charge in [0.1, 0.15) is 0 Å². The minimum atomic E-state index is -1.04. The van der Waals surface area contributed by atoms with Gasteiger partial charge in [-0.05, 0) is 18.9 Å². The summed E-state index contributed by atoms with van der Waals surface area (Å²) in [6.45, 7) is 7.10. The van der Waals surface area contributed by atoms with Gasteiger partial charge in [0, 0.05) is 8.07 Å². The lowest BCUT2D eigenvalue weighted by molar-refractivity contribution is 0.454. The van der Waals surface area contributed by atoms with E-state index in [2.05, 4.69) is 25.7 Å². The van der Waals surface area contributed by atoms with E-state index >= 15 is 0 Å². The van der Waals surface area contributed by atoms with Crippen LogP contribution in [0.3, 0.4) is 0 Å². The van der Waals surface area contributed by atoms with Crippen molar-refractivity contribution in [1.29, 1.82) is 5.26 Å². The Hall–Kier alpha value is -0.293. The first-order valence-electron chi connectivity index (χ1n) is 4.89. The molecule has 1 aliphatic rings. The molecule has 1 rings (SSSR count). The van der Waals surface area contributed by atoms with Crippen LogP contribution in [-0.2, 0) is 0 Å². The molecule has 0 N–H and O–H groups in total. The van der Waals surface area contributed by atoms with Crippen molar-refractivity contribution in [3.8, 4) is 6.07 Å². The number of hydrogen-bond acceptors (Lipinski definition) is 1. The summed E-state index contributed by atoms with van der Waals surface area (Å²) in [5.41, 5.74) is 0.0878. The minimum absolute atomic E-state index is 0.0878. The Balaban J connectivity index is 2.64. The predicted octanol–water partition coefficient (Wildman–Crippen LogP) is 3.41. The maximum Gasteiger partial charge on any atom is 0.0686 e. The Bertz CT molecular complexity index is 191. The third-order valence-electron chi connectivity index (χ3n) is 2.67. The summed E-state index contributed by atoms with van der Waals surface area (Å²) in [5, 5.41) is 9.15. The van der Waals surface area contributed by atoms with E-state index in [1.165, 1.54) is 18.9 Å². The molecule has 68 valence electrons. The van der Waals surface area contributed by atoms with Crippen LogP contribution in [0.2, 0.25) is 25.7 Å². The average molecular weight is 181 g/mol. The Morgan fingerprint density at radius 2 is 1.75 bits per heavy atom. The van der Waals surface area contributed by atoms with Gasteiger partial charge < -0.3 is 0 Å². The van der Waals surface area contributed by atoms with E-state index in [1.54, 1.807) is 0 Å². The van der Waals surface area contributed by atoms with Crippen molar-refractivity contribution in [2.75, 3.05) is 0 Å². The SMILES string of the molecule is C[Si](C)(C)CC1(C#N)CCCC1. The summed E-state index contributed by atoms with van der Waals surface area (Å²) >= 11 is 0. The van der Waals surface area contributed by atoms with Crippen LogP contribution in [0.15, 0.2) is 0 Å². The highest BCUT2D eigenvalue weighted by atomic mass is 28.3. The molecule has 0 aliphatic heterocycles. The molecule has 0 atom stereocenters. The van der Waals surface area contributed by atoms with Crippen LogP contribution in [0.4, 0.5) is 0 Å². The standard InChI is InChI=1S/C10H19NSi/c1-12(2,3)9-10(8-11)6-4-5-7-10/h4-7,9H2,1-3H3. The molecule has 0 unspecified atom stereocenters. The van der Waals surface area contributed by atoms with E-state index in [-0.39, 0.29) is 5.41 Å². The van der Waals surface area contributed by atoms with E-state index in [9.17, 15) is 0 Å². The fourth-order valence-electron chi connectivity index (χ4n) is 2.40. The van der Waals surface area contributed by atoms with Crippen molar-refractivity contribution in [2.24, 2.45) is 5.41 Å². The van der Waals surface area contributed by atoms with Crippen LogP contribution in [0.5, 0.6) is 0 Å². The zero-order chi connectivity index (χ0) is 9.24. The Morgan fingerprint density at radius 3 is 2.08 bits per heavy atom. The molecular weight excluding hydrogens is 162 g/mol. The van der Waals surface area contributed by atoms with E-state index in [0.29, 0.717) is 0 Å². The van der Waals surface area contributed by atoms with Gasteiger partial charge >= 0.3 is 0 Å². The van der Waals surface area contributed by atoms with Crippen LogP contribution in [0.1, 0.15) is 25.7 Å². The number of nitriles is 1. The normalized spacial score (nSPS) is 22.2. The van der Waals surface area contributed by atoms with Crippen LogP contribution in [0, 0.1) is 16.7 Å². The number of nitrogens with zero attached hydrogens (tertiary/aromatic N) is 1. The Kier molecular flexibility index (Phi) is 2.63. The molecule has 0 bridgehead atoms. The molecule has 0 amide bonds. The second kappa shape index (κ2) is 3.22. The fraction of sp³-hybridized carbons (Fsp3) is 0.900. The third kappa shape index (κ3) is 2.35. The molecule has 0 heterocycles. The van der Waals surface area contributed by atoms with Gasteiger partial charge in [0.05, 0.1) is 11.5 Å². The van der Waals surface area contributed by atoms with E-state index in [1.807, 2.05) is 0 Å². The van der Waals surface area contributed by atoms with Gasteiger partial charge in [-0.25, -0.2) is 0 Å². The molecule has 1 saturated carbocycles. The summed E-state index contributed by atoms with van der Waals surface area (Å²) in [6.07, 6.45) is 4.87. The largest absolute Gasteiger partial charge is 0.198 e. The summed E-state index contributed by atoms with van der Waals surface area (Å²) in [7, 11) is -1.04. The first-order valence-corrected chi connectivity index (χ1v) is 8.59. The summed E-state index contributed by atoms with van der Waals surface area (Å²) < 4.78 is 0. The van der Waals surface area contributed by atoms with Crippen molar-refractivity contribution in [3.63, 3.8) is 0 Å². The fourth-order valence-corrected chi connectivity index (χ4v) is 4.86. The molecule has 0 radical (unpaired) electrons. The smallest absolute Gasteiger partial charge is 0.0686 e. The minimum Gasteiger partial charge on any atom is -0.198 e. The highest BCUT2D eigenvalue weighted by Crippen LogP contribution is 2.43. The highest BCUT2D eigenvalue weighted by molar-refractivity contribution is 6.76. The highest BCUT2D eigenvalue weighted by Gasteiger charge is 2.37. The summed E-state index contributed by atoms with van der Waals surface area (Å²) in [4.78, 5) is 0. The van der Waals surface area contributed by atoms with Crippen LogP contribution < -0.4 is 0 Å². The van der Waals surface area contributed by atoms with Gasteiger partial charge in [0.2, 0.25) is 0 Å². The summed E-state index contributed by atoms with van der Waals surface area (Å²) in [5.74, 6) is 0. The monoisotopic (exact) mass is 181 g/mol. The lowest BCUT2D eigenvalue weighted by Crippen LogP contribution is -2.29. The van der Waals surface area contributed by atoms with Crippen LogP contribution in [0.25, 0.3) is 0 Å². The molecular formula is C10H19NSi. The summed E-state index contributed by atoms with van der Waals surface area (Å²) in [6, 6.07) is 3.77. The van der Waals surface area contributed by atoms with E-state index < -0.39 is 8.07 Å². The van der Waals surface area contributed by atoms with Gasteiger partial charge in [-0.3, -0.25) is 0 Å². The number of hydrogen-bond donors (Lipinski definition) is 0. The zero-order valence-corrected chi connectivity index (χ0v) is 9.48. The van der Waals surface area contributed by atoms with Crippen molar-refractivity contribution < 1.29 is 0 Å². The predicted molar refractivity (Wildman–Crippen MR) is 54.7 cm³/mol. The average Bonchev–Trinajstić information content (AvgIpc) is 2.34. The van der Waals surface area contributed by atoms with Gasteiger partial charge in [-0.1, -0.05) is 32.5 Å². The second-order valence-electron chi connectivity index (χ2n) is 5.34. The lowest BCUT2D eigenvalue weighted by Gasteiger charge is -2.27. The molecule has 1 nitrogen and oxygen atoms in total. The molecule has 0 spiro atoms. The van der Waals surface area contributed by atoms with E-state index in [0.717, 1.165) is 12.8 Å². The van der Waals surface area contributed by atoms with Gasteiger partial charge in [-0.2, -0.15) is 5.26 Å².